The molecule has 5 nitrogen and oxygen atoms in total. The van der Waals surface area contributed by atoms with Crippen molar-refractivity contribution >= 4 is 0 Å². The van der Waals surface area contributed by atoms with E-state index < -0.39 is 6.10 Å². The number of ether oxygens (including phenoxy) is 2. The molecule has 1 N–H and O–H groups in total. The molecule has 2 aromatic rings. The van der Waals surface area contributed by atoms with Gasteiger partial charge in [0, 0.05) is 11.8 Å². The minimum absolute atomic E-state index is 0.119. The van der Waals surface area contributed by atoms with Gasteiger partial charge in [0.1, 0.15) is 13.2 Å². The lowest BCUT2D eigenvalue weighted by atomic mass is 10.1. The number of aliphatic hydroxyl groups is 1. The number of hydrogen-bond donors (Lipinski definition) is 1. The van der Waals surface area contributed by atoms with Gasteiger partial charge in [-0.3, -0.25) is 4.79 Å². The van der Waals surface area contributed by atoms with E-state index >= 15 is 0 Å². The number of benzene rings is 1. The van der Waals surface area contributed by atoms with E-state index in [1.165, 1.54) is 6.07 Å². The number of aromatic nitrogens is 1. The Labute approximate surface area is 122 Å². The number of pyridine rings is 1. The molecular formula is C16H17NO4. The first-order valence-corrected chi connectivity index (χ1v) is 6.89. The van der Waals surface area contributed by atoms with E-state index in [4.69, 9.17) is 9.47 Å². The molecule has 0 saturated carbocycles. The van der Waals surface area contributed by atoms with Crippen molar-refractivity contribution in [2.75, 3.05) is 13.2 Å². The van der Waals surface area contributed by atoms with E-state index in [1.807, 2.05) is 13.0 Å². The summed E-state index contributed by atoms with van der Waals surface area (Å²) in [7, 11) is 0. The zero-order valence-electron chi connectivity index (χ0n) is 11.8. The molecule has 0 fully saturated rings. The number of rotatable bonds is 3. The van der Waals surface area contributed by atoms with Crippen LogP contribution in [0.4, 0.5) is 0 Å². The first-order valence-electron chi connectivity index (χ1n) is 6.89. The number of nitrogens with zero attached hydrogens (tertiary/aromatic N) is 1. The second-order valence-corrected chi connectivity index (χ2v) is 5.03. The zero-order valence-corrected chi connectivity index (χ0v) is 11.8. The fraction of sp³-hybridized carbons (Fsp3) is 0.312. The van der Waals surface area contributed by atoms with Crippen molar-refractivity contribution in [3.05, 3.63) is 58.0 Å². The van der Waals surface area contributed by atoms with Gasteiger partial charge >= 0.3 is 0 Å². The van der Waals surface area contributed by atoms with E-state index in [2.05, 4.69) is 0 Å². The average Bonchev–Trinajstić information content (AvgIpc) is 2.50. The predicted molar refractivity (Wildman–Crippen MR) is 77.8 cm³/mol. The van der Waals surface area contributed by atoms with Crippen molar-refractivity contribution in [1.29, 1.82) is 0 Å². The Balaban J connectivity index is 1.85. The Kier molecular flexibility index (Phi) is 3.66. The van der Waals surface area contributed by atoms with Crippen LogP contribution in [0.1, 0.15) is 17.4 Å². The third kappa shape index (κ3) is 2.78. The lowest BCUT2D eigenvalue weighted by Gasteiger charge is -2.21. The van der Waals surface area contributed by atoms with Crippen LogP contribution in [0.3, 0.4) is 0 Å². The van der Waals surface area contributed by atoms with Crippen molar-refractivity contribution in [1.82, 2.24) is 4.57 Å². The first-order chi connectivity index (χ1) is 10.1. The Morgan fingerprint density at radius 2 is 1.95 bits per heavy atom. The molecule has 0 bridgehead atoms. The van der Waals surface area contributed by atoms with Crippen molar-refractivity contribution < 1.29 is 14.6 Å². The first kappa shape index (κ1) is 13.7. The highest BCUT2D eigenvalue weighted by atomic mass is 16.6. The molecule has 0 radical (unpaired) electrons. The molecule has 5 heteroatoms. The molecule has 21 heavy (non-hydrogen) atoms. The summed E-state index contributed by atoms with van der Waals surface area (Å²) in [6, 6.07) is 10.4. The van der Waals surface area contributed by atoms with Gasteiger partial charge in [0.05, 0.1) is 12.6 Å². The smallest absolute Gasteiger partial charge is 0.250 e. The summed E-state index contributed by atoms with van der Waals surface area (Å²) < 4.78 is 12.5. The second kappa shape index (κ2) is 5.61. The van der Waals surface area contributed by atoms with Gasteiger partial charge in [-0.1, -0.05) is 12.1 Å². The monoisotopic (exact) mass is 287 g/mol. The molecule has 1 unspecified atom stereocenters. The summed E-state index contributed by atoms with van der Waals surface area (Å²) in [6.07, 6.45) is -0.778. The summed E-state index contributed by atoms with van der Waals surface area (Å²) in [5.41, 5.74) is 1.40. The van der Waals surface area contributed by atoms with Gasteiger partial charge < -0.3 is 19.1 Å². The molecule has 1 aliphatic rings. The Hall–Kier alpha value is -2.27. The van der Waals surface area contributed by atoms with E-state index in [9.17, 15) is 9.90 Å². The average molecular weight is 287 g/mol. The maximum atomic E-state index is 11.8. The van der Waals surface area contributed by atoms with Crippen LogP contribution in [0.5, 0.6) is 11.5 Å². The van der Waals surface area contributed by atoms with E-state index in [-0.39, 0.29) is 12.1 Å². The highest BCUT2D eigenvalue weighted by Crippen LogP contribution is 2.32. The van der Waals surface area contributed by atoms with Gasteiger partial charge in [-0.2, -0.15) is 0 Å². The lowest BCUT2D eigenvalue weighted by Crippen LogP contribution is -2.24. The summed E-state index contributed by atoms with van der Waals surface area (Å²) in [4.78, 5) is 11.8. The minimum atomic E-state index is -0.778. The minimum Gasteiger partial charge on any atom is -0.486 e. The maximum Gasteiger partial charge on any atom is 0.250 e. The Bertz CT molecular complexity index is 708. The molecule has 1 atom stereocenters. The SMILES string of the molecule is Cc1cccc(=O)n1CC(O)c1ccc2c(c1)OCCO2. The van der Waals surface area contributed by atoms with Crippen LogP contribution in [-0.4, -0.2) is 22.9 Å². The zero-order chi connectivity index (χ0) is 14.8. The van der Waals surface area contributed by atoms with Crippen LogP contribution in [0.25, 0.3) is 0 Å². The Morgan fingerprint density at radius 3 is 2.71 bits per heavy atom. The predicted octanol–water partition coefficient (Wildman–Crippen LogP) is 1.66. The molecule has 110 valence electrons. The highest BCUT2D eigenvalue weighted by molar-refractivity contribution is 5.44. The summed E-state index contributed by atoms with van der Waals surface area (Å²) in [6.45, 7) is 3.10. The number of hydrogen-bond acceptors (Lipinski definition) is 4. The standard InChI is InChI=1S/C16H17NO4/c1-11-3-2-4-16(19)17(11)10-13(18)12-5-6-14-15(9-12)21-8-7-20-14/h2-6,9,13,18H,7-8,10H2,1H3. The molecule has 1 aromatic carbocycles. The van der Waals surface area contributed by atoms with E-state index in [0.717, 1.165) is 5.69 Å². The fourth-order valence-electron chi connectivity index (χ4n) is 2.40. The molecule has 3 rings (SSSR count). The molecule has 2 heterocycles. The van der Waals surface area contributed by atoms with Crippen molar-refractivity contribution in [3.63, 3.8) is 0 Å². The van der Waals surface area contributed by atoms with Crippen LogP contribution < -0.4 is 15.0 Å². The lowest BCUT2D eigenvalue weighted by molar-refractivity contribution is 0.150. The van der Waals surface area contributed by atoms with Crippen LogP contribution in [0.15, 0.2) is 41.2 Å². The van der Waals surface area contributed by atoms with Crippen molar-refractivity contribution in [3.8, 4) is 11.5 Å². The highest BCUT2D eigenvalue weighted by Gasteiger charge is 2.16. The van der Waals surface area contributed by atoms with Crippen LogP contribution in [-0.2, 0) is 6.54 Å². The molecule has 0 saturated heterocycles. The number of aliphatic hydroxyl groups excluding tert-OH is 1. The topological polar surface area (TPSA) is 60.7 Å². The largest absolute Gasteiger partial charge is 0.486 e. The Morgan fingerprint density at radius 1 is 1.19 bits per heavy atom. The van der Waals surface area contributed by atoms with Crippen LogP contribution in [0.2, 0.25) is 0 Å². The van der Waals surface area contributed by atoms with Crippen molar-refractivity contribution in [2.45, 2.75) is 19.6 Å². The maximum absolute atomic E-state index is 11.8. The normalized spacial score (nSPS) is 14.8. The van der Waals surface area contributed by atoms with Crippen molar-refractivity contribution in [2.24, 2.45) is 0 Å². The molecule has 1 aromatic heterocycles. The molecule has 0 aliphatic carbocycles. The van der Waals surface area contributed by atoms with Gasteiger partial charge in [-0.05, 0) is 30.7 Å². The van der Waals surface area contributed by atoms with Gasteiger partial charge in [0.15, 0.2) is 11.5 Å². The summed E-state index contributed by atoms with van der Waals surface area (Å²) in [5, 5.41) is 10.4. The number of aryl methyl sites for hydroxylation is 1. The molecule has 0 spiro atoms. The summed E-state index contributed by atoms with van der Waals surface area (Å²) >= 11 is 0. The quantitative estimate of drug-likeness (QED) is 0.932. The molecular weight excluding hydrogens is 270 g/mol. The number of fused-ring (bicyclic) bond motifs is 1. The molecule has 1 aliphatic heterocycles. The molecule has 0 amide bonds. The summed E-state index contributed by atoms with van der Waals surface area (Å²) in [5.74, 6) is 1.32. The van der Waals surface area contributed by atoms with Gasteiger partial charge in [0.2, 0.25) is 0 Å². The van der Waals surface area contributed by atoms with Gasteiger partial charge in [0.25, 0.3) is 5.56 Å². The van der Waals surface area contributed by atoms with Gasteiger partial charge in [-0.25, -0.2) is 0 Å². The third-order valence-corrected chi connectivity index (χ3v) is 3.57. The van der Waals surface area contributed by atoms with E-state index in [0.29, 0.717) is 30.3 Å². The van der Waals surface area contributed by atoms with E-state index in [1.54, 1.807) is 28.8 Å². The fourth-order valence-corrected chi connectivity index (χ4v) is 2.40. The third-order valence-electron chi connectivity index (χ3n) is 3.57. The second-order valence-electron chi connectivity index (χ2n) is 5.03. The van der Waals surface area contributed by atoms with Gasteiger partial charge in [-0.15, -0.1) is 0 Å². The van der Waals surface area contributed by atoms with Crippen LogP contribution >= 0.6 is 0 Å². The van der Waals surface area contributed by atoms with Crippen LogP contribution in [0, 0.1) is 6.92 Å².